The Hall–Kier alpha value is -1.84. The maximum absolute atomic E-state index is 11.1. The Morgan fingerprint density at radius 1 is 1.36 bits per heavy atom. The Labute approximate surface area is 81.7 Å². The summed E-state index contributed by atoms with van der Waals surface area (Å²) in [6, 6.07) is 4.46. The Bertz CT molecular complexity index is 385. The van der Waals surface area contributed by atoms with Crippen molar-refractivity contribution in [3.05, 3.63) is 29.3 Å². The summed E-state index contributed by atoms with van der Waals surface area (Å²) in [5.74, 6) is -0.592. The number of nitrogens with two attached hydrogens (primary N) is 1. The first-order chi connectivity index (χ1) is 6.56. The molecule has 0 spiro atoms. The minimum absolute atomic E-state index is 0.126. The van der Waals surface area contributed by atoms with E-state index >= 15 is 0 Å². The largest absolute Gasteiger partial charge is 0.465 e. The van der Waals surface area contributed by atoms with Crippen molar-refractivity contribution in [2.75, 3.05) is 12.8 Å². The highest BCUT2D eigenvalue weighted by molar-refractivity contribution is 6.01. The molecule has 0 heterocycles. The van der Waals surface area contributed by atoms with Crippen LogP contribution in [0, 0.1) is 0 Å². The number of anilines is 1. The van der Waals surface area contributed by atoms with Crippen molar-refractivity contribution in [2.45, 2.75) is 6.92 Å². The van der Waals surface area contributed by atoms with Crippen molar-refractivity contribution in [3.63, 3.8) is 0 Å². The molecule has 0 aromatic heterocycles. The molecule has 0 radical (unpaired) electrons. The maximum Gasteiger partial charge on any atom is 0.337 e. The molecule has 74 valence electrons. The van der Waals surface area contributed by atoms with Crippen LogP contribution in [0.2, 0.25) is 0 Å². The number of carbonyl (C=O) groups is 2. The van der Waals surface area contributed by atoms with Crippen LogP contribution in [0.3, 0.4) is 0 Å². The molecule has 4 nitrogen and oxygen atoms in total. The van der Waals surface area contributed by atoms with Crippen LogP contribution < -0.4 is 5.73 Å². The molecule has 0 saturated heterocycles. The van der Waals surface area contributed by atoms with Crippen LogP contribution >= 0.6 is 0 Å². The summed E-state index contributed by atoms with van der Waals surface area (Å²) in [5, 5.41) is 0. The summed E-state index contributed by atoms with van der Waals surface area (Å²) in [6.07, 6.45) is 0. The predicted octanol–water partition coefficient (Wildman–Crippen LogP) is 1.26. The molecule has 0 saturated carbocycles. The first kappa shape index (κ1) is 10.2. The third kappa shape index (κ3) is 1.90. The van der Waals surface area contributed by atoms with Gasteiger partial charge in [-0.15, -0.1) is 0 Å². The lowest BCUT2D eigenvalue weighted by Crippen LogP contribution is -2.05. The fourth-order valence-corrected chi connectivity index (χ4v) is 1.13. The number of nitrogen functional groups attached to an aromatic ring is 1. The van der Waals surface area contributed by atoms with E-state index in [0.29, 0.717) is 16.8 Å². The smallest absolute Gasteiger partial charge is 0.337 e. The summed E-state index contributed by atoms with van der Waals surface area (Å²) in [5.41, 5.74) is 6.64. The number of rotatable bonds is 2. The lowest BCUT2D eigenvalue weighted by Gasteiger charge is -2.04. The number of benzene rings is 1. The van der Waals surface area contributed by atoms with Crippen molar-refractivity contribution in [1.29, 1.82) is 0 Å². The van der Waals surface area contributed by atoms with Gasteiger partial charge in [-0.25, -0.2) is 4.79 Å². The molecule has 14 heavy (non-hydrogen) atoms. The number of ether oxygens (including phenoxy) is 1. The fourth-order valence-electron chi connectivity index (χ4n) is 1.13. The Kier molecular flexibility index (Phi) is 2.86. The summed E-state index contributed by atoms with van der Waals surface area (Å²) in [6.45, 7) is 1.42. The lowest BCUT2D eigenvalue weighted by molar-refractivity contribution is 0.0600. The zero-order chi connectivity index (χ0) is 10.7. The van der Waals surface area contributed by atoms with Gasteiger partial charge in [0.15, 0.2) is 5.78 Å². The predicted molar refractivity (Wildman–Crippen MR) is 52.2 cm³/mol. The van der Waals surface area contributed by atoms with Crippen molar-refractivity contribution >= 4 is 17.4 Å². The third-order valence-electron chi connectivity index (χ3n) is 1.85. The molecule has 4 heteroatoms. The molecule has 1 aromatic carbocycles. The molecule has 2 N–H and O–H groups in total. The van der Waals surface area contributed by atoms with E-state index in [1.807, 2.05) is 0 Å². The van der Waals surface area contributed by atoms with Gasteiger partial charge in [-0.1, -0.05) is 0 Å². The second kappa shape index (κ2) is 3.91. The van der Waals surface area contributed by atoms with Crippen molar-refractivity contribution in [3.8, 4) is 0 Å². The average molecular weight is 193 g/mol. The van der Waals surface area contributed by atoms with Gasteiger partial charge in [0.1, 0.15) is 0 Å². The molecule has 0 aliphatic heterocycles. The molecule has 0 atom stereocenters. The van der Waals surface area contributed by atoms with E-state index in [2.05, 4.69) is 4.74 Å². The van der Waals surface area contributed by atoms with Crippen LogP contribution in [0.15, 0.2) is 18.2 Å². The van der Waals surface area contributed by atoms with Crippen LogP contribution in [0.1, 0.15) is 27.6 Å². The Morgan fingerprint density at radius 3 is 2.43 bits per heavy atom. The van der Waals surface area contributed by atoms with Gasteiger partial charge in [-0.2, -0.15) is 0 Å². The molecule has 1 rings (SSSR count). The van der Waals surface area contributed by atoms with Crippen LogP contribution in [-0.2, 0) is 4.74 Å². The SMILES string of the molecule is COC(=O)c1ccc(C(C)=O)c(N)c1. The lowest BCUT2D eigenvalue weighted by atomic mass is 10.1. The summed E-state index contributed by atoms with van der Waals surface area (Å²) in [7, 11) is 1.29. The second-order valence-electron chi connectivity index (χ2n) is 2.85. The highest BCUT2D eigenvalue weighted by atomic mass is 16.5. The molecule has 0 aliphatic rings. The molecular weight excluding hydrogens is 182 g/mol. The molecule has 0 unspecified atom stereocenters. The van der Waals surface area contributed by atoms with Crippen LogP contribution in [0.5, 0.6) is 0 Å². The Balaban J connectivity index is 3.12. The van der Waals surface area contributed by atoms with Crippen LogP contribution in [-0.4, -0.2) is 18.9 Å². The van der Waals surface area contributed by atoms with Gasteiger partial charge in [0.25, 0.3) is 0 Å². The highest BCUT2D eigenvalue weighted by Gasteiger charge is 2.09. The molecule has 1 aromatic rings. The van der Waals surface area contributed by atoms with E-state index in [9.17, 15) is 9.59 Å². The topological polar surface area (TPSA) is 69.4 Å². The Morgan fingerprint density at radius 2 is 2.00 bits per heavy atom. The van der Waals surface area contributed by atoms with Gasteiger partial charge < -0.3 is 10.5 Å². The number of Topliss-reactive ketones (excluding diaryl/α,β-unsaturated/α-hetero) is 1. The third-order valence-corrected chi connectivity index (χ3v) is 1.85. The minimum atomic E-state index is -0.466. The normalized spacial score (nSPS) is 9.57. The van der Waals surface area contributed by atoms with Crippen molar-refractivity contribution < 1.29 is 14.3 Å². The maximum atomic E-state index is 11.1. The van der Waals surface area contributed by atoms with Gasteiger partial charge in [0.2, 0.25) is 0 Å². The number of methoxy groups -OCH3 is 1. The molecule has 0 amide bonds. The van der Waals surface area contributed by atoms with Gasteiger partial charge in [0.05, 0.1) is 12.7 Å². The monoisotopic (exact) mass is 193 g/mol. The summed E-state index contributed by atoms with van der Waals surface area (Å²) < 4.78 is 4.51. The molecule has 0 fully saturated rings. The fraction of sp³-hybridized carbons (Fsp3) is 0.200. The summed E-state index contributed by atoms with van der Waals surface area (Å²) >= 11 is 0. The standard InChI is InChI=1S/C10H11NO3/c1-6(12)8-4-3-7(5-9(8)11)10(13)14-2/h3-5H,11H2,1-2H3. The first-order valence-electron chi connectivity index (χ1n) is 4.05. The van der Waals surface area contributed by atoms with Gasteiger partial charge in [-0.05, 0) is 25.1 Å². The van der Waals surface area contributed by atoms with Gasteiger partial charge in [0, 0.05) is 11.3 Å². The molecular formula is C10H11NO3. The number of hydrogen-bond donors (Lipinski definition) is 1. The van der Waals surface area contributed by atoms with E-state index in [-0.39, 0.29) is 5.78 Å². The number of esters is 1. The van der Waals surface area contributed by atoms with E-state index in [4.69, 9.17) is 5.73 Å². The second-order valence-corrected chi connectivity index (χ2v) is 2.85. The zero-order valence-electron chi connectivity index (χ0n) is 8.03. The van der Waals surface area contributed by atoms with Crippen LogP contribution in [0.25, 0.3) is 0 Å². The average Bonchev–Trinajstić information content (AvgIpc) is 2.15. The zero-order valence-corrected chi connectivity index (χ0v) is 8.03. The van der Waals surface area contributed by atoms with E-state index < -0.39 is 5.97 Å². The van der Waals surface area contributed by atoms with Gasteiger partial charge in [-0.3, -0.25) is 4.79 Å². The van der Waals surface area contributed by atoms with Gasteiger partial charge >= 0.3 is 5.97 Å². The molecule has 0 bridgehead atoms. The number of hydrogen-bond acceptors (Lipinski definition) is 4. The van der Waals surface area contributed by atoms with E-state index in [1.54, 1.807) is 0 Å². The van der Waals surface area contributed by atoms with E-state index in [0.717, 1.165) is 0 Å². The molecule has 0 aliphatic carbocycles. The summed E-state index contributed by atoms with van der Waals surface area (Å²) in [4.78, 5) is 22.1. The van der Waals surface area contributed by atoms with Crippen molar-refractivity contribution in [2.24, 2.45) is 0 Å². The first-order valence-corrected chi connectivity index (χ1v) is 4.05. The minimum Gasteiger partial charge on any atom is -0.465 e. The van der Waals surface area contributed by atoms with Crippen molar-refractivity contribution in [1.82, 2.24) is 0 Å². The highest BCUT2D eigenvalue weighted by Crippen LogP contribution is 2.15. The van der Waals surface area contributed by atoms with Crippen LogP contribution in [0.4, 0.5) is 5.69 Å². The number of carbonyl (C=O) groups excluding carboxylic acids is 2. The van der Waals surface area contributed by atoms with E-state index in [1.165, 1.54) is 32.2 Å². The number of ketones is 1. The quantitative estimate of drug-likeness (QED) is 0.436.